The zero-order chi connectivity index (χ0) is 23.2. The summed E-state index contributed by atoms with van der Waals surface area (Å²) in [6, 6.07) is 26.3. The Bertz CT molecular complexity index is 1150. The minimum atomic E-state index is -0.360. The van der Waals surface area contributed by atoms with Gasteiger partial charge in [0, 0.05) is 20.0 Å². The van der Waals surface area contributed by atoms with Crippen LogP contribution in [0.15, 0.2) is 78.9 Å². The maximum Gasteiger partial charge on any atom is 0.286 e. The number of hydrogen-bond donors (Lipinski definition) is 1. The number of amides is 3. The molecule has 0 aliphatic carbocycles. The molecule has 0 bridgehead atoms. The minimum absolute atomic E-state index is 0.126. The molecule has 0 radical (unpaired) electrons. The van der Waals surface area contributed by atoms with E-state index in [0.29, 0.717) is 19.4 Å². The van der Waals surface area contributed by atoms with E-state index in [4.69, 9.17) is 0 Å². The van der Waals surface area contributed by atoms with E-state index in [-0.39, 0.29) is 22.3 Å². The van der Waals surface area contributed by atoms with Crippen LogP contribution in [0.1, 0.15) is 23.1 Å². The van der Waals surface area contributed by atoms with Crippen molar-refractivity contribution in [2.75, 3.05) is 7.05 Å². The number of benzene rings is 3. The maximum atomic E-state index is 12.6. The van der Waals surface area contributed by atoms with Crippen molar-refractivity contribution in [1.29, 1.82) is 0 Å². The number of aryl methyl sites for hydroxylation is 1. The zero-order valence-corrected chi connectivity index (χ0v) is 19.3. The van der Waals surface area contributed by atoms with Gasteiger partial charge in [0.1, 0.15) is 0 Å². The van der Waals surface area contributed by atoms with Crippen molar-refractivity contribution in [3.63, 3.8) is 0 Å². The highest BCUT2D eigenvalue weighted by Gasteiger charge is 2.31. The first-order valence-corrected chi connectivity index (χ1v) is 11.8. The number of thioether (sulfide) groups is 1. The molecule has 1 unspecified atom stereocenters. The van der Waals surface area contributed by atoms with Gasteiger partial charge < -0.3 is 4.90 Å². The van der Waals surface area contributed by atoms with Crippen molar-refractivity contribution < 1.29 is 14.4 Å². The summed E-state index contributed by atoms with van der Waals surface area (Å²) in [7, 11) is 1.84. The van der Waals surface area contributed by atoms with Gasteiger partial charge >= 0.3 is 0 Å². The largest absolute Gasteiger partial charge is 0.341 e. The Kier molecular flexibility index (Phi) is 7.25. The lowest BCUT2D eigenvalue weighted by atomic mass is 10.00. The highest BCUT2D eigenvalue weighted by Crippen LogP contribution is 2.25. The molecule has 5 nitrogen and oxygen atoms in total. The summed E-state index contributed by atoms with van der Waals surface area (Å²) in [5.41, 5.74) is 5.40. The van der Waals surface area contributed by atoms with E-state index in [9.17, 15) is 14.4 Å². The van der Waals surface area contributed by atoms with Crippen LogP contribution in [0.5, 0.6) is 0 Å². The van der Waals surface area contributed by atoms with Gasteiger partial charge in [-0.3, -0.25) is 19.7 Å². The summed E-state index contributed by atoms with van der Waals surface area (Å²) >= 11 is 1.05. The number of nitrogens with zero attached hydrogens (tertiary/aromatic N) is 1. The van der Waals surface area contributed by atoms with Gasteiger partial charge in [0.2, 0.25) is 11.8 Å². The highest BCUT2D eigenvalue weighted by atomic mass is 32.2. The van der Waals surface area contributed by atoms with Crippen LogP contribution in [0.2, 0.25) is 0 Å². The summed E-state index contributed by atoms with van der Waals surface area (Å²) in [6.45, 7) is 0.557. The van der Waals surface area contributed by atoms with Gasteiger partial charge in [-0.2, -0.15) is 0 Å². The van der Waals surface area contributed by atoms with Gasteiger partial charge in [0.05, 0.1) is 5.25 Å². The predicted octanol–water partition coefficient (Wildman–Crippen LogP) is 4.84. The third-order valence-corrected chi connectivity index (χ3v) is 6.70. The molecule has 168 valence electrons. The van der Waals surface area contributed by atoms with Crippen molar-refractivity contribution in [2.24, 2.45) is 0 Å². The maximum absolute atomic E-state index is 12.6. The van der Waals surface area contributed by atoms with E-state index < -0.39 is 0 Å². The third-order valence-electron chi connectivity index (χ3n) is 5.72. The summed E-state index contributed by atoms with van der Waals surface area (Å²) in [6.07, 6.45) is 1.76. The number of carbonyl (C=O) groups is 3. The van der Waals surface area contributed by atoms with Crippen LogP contribution in [-0.2, 0) is 29.0 Å². The van der Waals surface area contributed by atoms with E-state index >= 15 is 0 Å². The SMILES string of the molecule is CN(Cc1cccc(-c2ccc(CC3SC(=O)NC3=O)cc2)c1)C(=O)CCc1ccccc1. The number of rotatable bonds is 8. The molecule has 3 aromatic carbocycles. The molecule has 1 heterocycles. The molecule has 6 heteroatoms. The van der Waals surface area contributed by atoms with Crippen LogP contribution >= 0.6 is 11.8 Å². The van der Waals surface area contributed by atoms with Crippen molar-refractivity contribution in [1.82, 2.24) is 10.2 Å². The molecule has 0 spiro atoms. The van der Waals surface area contributed by atoms with E-state index in [1.165, 1.54) is 5.56 Å². The van der Waals surface area contributed by atoms with Gasteiger partial charge in [-0.25, -0.2) is 0 Å². The topological polar surface area (TPSA) is 66.5 Å². The standard InChI is InChI=1S/C27H26N2O3S/c1-29(25(30)15-12-19-6-3-2-4-7-19)18-21-8-5-9-23(16-21)22-13-10-20(11-14-22)17-24-26(31)28-27(32)33-24/h2-11,13-14,16,24H,12,15,17-18H2,1H3,(H,28,31,32). The van der Waals surface area contributed by atoms with Gasteiger partial charge in [-0.05, 0) is 46.7 Å². The van der Waals surface area contributed by atoms with Gasteiger partial charge in [-0.15, -0.1) is 0 Å². The molecule has 1 aliphatic heterocycles. The summed E-state index contributed by atoms with van der Waals surface area (Å²) < 4.78 is 0. The lowest BCUT2D eigenvalue weighted by molar-refractivity contribution is -0.130. The molecule has 1 N–H and O–H groups in total. The number of nitrogens with one attached hydrogen (secondary N) is 1. The van der Waals surface area contributed by atoms with E-state index in [1.807, 2.05) is 73.8 Å². The van der Waals surface area contributed by atoms with Crippen LogP contribution < -0.4 is 5.32 Å². The normalized spacial score (nSPS) is 15.4. The van der Waals surface area contributed by atoms with Crippen LogP contribution in [0, 0.1) is 0 Å². The zero-order valence-electron chi connectivity index (χ0n) is 18.5. The van der Waals surface area contributed by atoms with Crippen molar-refractivity contribution >= 4 is 28.8 Å². The second-order valence-electron chi connectivity index (χ2n) is 8.22. The molecular weight excluding hydrogens is 432 g/mol. The van der Waals surface area contributed by atoms with Crippen LogP contribution in [0.3, 0.4) is 0 Å². The lowest BCUT2D eigenvalue weighted by Crippen LogP contribution is -2.26. The van der Waals surface area contributed by atoms with Gasteiger partial charge in [-0.1, -0.05) is 84.6 Å². The first-order chi connectivity index (χ1) is 16.0. The summed E-state index contributed by atoms with van der Waals surface area (Å²) in [5, 5.41) is 1.69. The average Bonchev–Trinajstić information content (AvgIpc) is 3.15. The van der Waals surface area contributed by atoms with Gasteiger partial charge in [0.15, 0.2) is 0 Å². The Balaban J connectivity index is 1.35. The molecule has 1 aliphatic rings. The van der Waals surface area contributed by atoms with Crippen molar-refractivity contribution in [3.05, 3.63) is 95.6 Å². The van der Waals surface area contributed by atoms with Crippen molar-refractivity contribution in [3.8, 4) is 11.1 Å². The first-order valence-electron chi connectivity index (χ1n) is 11.0. The predicted molar refractivity (Wildman–Crippen MR) is 132 cm³/mol. The Morgan fingerprint density at radius 2 is 1.61 bits per heavy atom. The molecular formula is C27H26N2O3S. The van der Waals surface area contributed by atoms with Crippen molar-refractivity contribution in [2.45, 2.75) is 31.1 Å². The Morgan fingerprint density at radius 3 is 2.30 bits per heavy atom. The van der Waals surface area contributed by atoms with Crippen LogP contribution in [-0.4, -0.2) is 34.3 Å². The number of imide groups is 1. The molecule has 0 saturated carbocycles. The quantitative estimate of drug-likeness (QED) is 0.525. The monoisotopic (exact) mass is 458 g/mol. The second kappa shape index (κ2) is 10.5. The van der Waals surface area contributed by atoms with Gasteiger partial charge in [0.25, 0.3) is 5.24 Å². The Labute approximate surface area is 198 Å². The summed E-state index contributed by atoms with van der Waals surface area (Å²) in [4.78, 5) is 37.5. The molecule has 4 rings (SSSR count). The molecule has 1 fully saturated rings. The fourth-order valence-corrected chi connectivity index (χ4v) is 4.73. The number of carbonyl (C=O) groups excluding carboxylic acids is 3. The molecule has 3 amide bonds. The average molecular weight is 459 g/mol. The first kappa shape index (κ1) is 22.8. The fraction of sp³-hybridized carbons (Fsp3) is 0.222. The molecule has 1 saturated heterocycles. The molecule has 33 heavy (non-hydrogen) atoms. The van der Waals surface area contributed by atoms with Crippen LogP contribution in [0.4, 0.5) is 4.79 Å². The third kappa shape index (κ3) is 6.11. The minimum Gasteiger partial charge on any atom is -0.341 e. The lowest BCUT2D eigenvalue weighted by Gasteiger charge is -2.18. The second-order valence-corrected chi connectivity index (χ2v) is 9.40. The van der Waals surface area contributed by atoms with E-state index in [2.05, 4.69) is 17.4 Å². The Hall–Kier alpha value is -3.38. The molecule has 3 aromatic rings. The van der Waals surface area contributed by atoms with Crippen LogP contribution in [0.25, 0.3) is 11.1 Å². The molecule has 1 atom stereocenters. The van der Waals surface area contributed by atoms with E-state index in [0.717, 1.165) is 40.4 Å². The summed E-state index contributed by atoms with van der Waals surface area (Å²) in [5.74, 6) is -0.0925. The smallest absolute Gasteiger partial charge is 0.286 e. The number of hydrogen-bond acceptors (Lipinski definition) is 4. The highest BCUT2D eigenvalue weighted by molar-refractivity contribution is 8.15. The Morgan fingerprint density at radius 1 is 0.879 bits per heavy atom. The van der Waals surface area contributed by atoms with E-state index in [1.54, 1.807) is 4.90 Å². The fourth-order valence-electron chi connectivity index (χ4n) is 3.87. The molecule has 0 aromatic heterocycles.